The fraction of sp³-hybridized carbons (Fsp3) is 0. The zero-order chi connectivity index (χ0) is 14.8. The van der Waals surface area contributed by atoms with Gasteiger partial charge in [0, 0.05) is 13.8 Å². The molecule has 3 nitrogen and oxygen atoms in total. The summed E-state index contributed by atoms with van der Waals surface area (Å²) < 4.78 is 26.1. The van der Waals surface area contributed by atoms with Crippen LogP contribution in [0.4, 0.5) is 0 Å². The molecule has 1 heterocycles. The molecular formula is C13H7Br2NO2S2. The van der Waals surface area contributed by atoms with Crippen LogP contribution in [0.5, 0.6) is 0 Å². The standard InChI is InChI=1S/C13H7Br2NO2S2/c14-9-3-4-12(15)13(6-9)20(17,18)11(8-16)7-10-2-1-5-19-10/h1-7H/b11-7+. The highest BCUT2D eigenvalue weighted by molar-refractivity contribution is 9.11. The van der Waals surface area contributed by atoms with Crippen molar-refractivity contribution in [2.45, 2.75) is 4.90 Å². The Balaban J connectivity index is 2.59. The summed E-state index contributed by atoms with van der Waals surface area (Å²) in [5.74, 6) is 0. The lowest BCUT2D eigenvalue weighted by molar-refractivity contribution is 0.603. The molecule has 0 aliphatic carbocycles. The molecule has 0 radical (unpaired) electrons. The van der Waals surface area contributed by atoms with Crippen LogP contribution in [-0.2, 0) is 9.84 Å². The molecule has 1 aromatic heterocycles. The fourth-order valence-corrected chi connectivity index (χ4v) is 4.85. The number of hydrogen-bond donors (Lipinski definition) is 0. The second-order valence-electron chi connectivity index (χ2n) is 3.71. The monoisotopic (exact) mass is 431 g/mol. The molecule has 102 valence electrons. The number of nitriles is 1. The van der Waals surface area contributed by atoms with Crippen molar-refractivity contribution in [3.05, 3.63) is 54.4 Å². The quantitative estimate of drug-likeness (QED) is 0.665. The van der Waals surface area contributed by atoms with Crippen molar-refractivity contribution in [1.82, 2.24) is 0 Å². The maximum absolute atomic E-state index is 12.5. The first kappa shape index (κ1) is 15.4. The summed E-state index contributed by atoms with van der Waals surface area (Å²) in [6.45, 7) is 0. The molecule has 0 saturated heterocycles. The molecule has 0 fully saturated rings. The van der Waals surface area contributed by atoms with Gasteiger partial charge in [-0.25, -0.2) is 8.42 Å². The van der Waals surface area contributed by atoms with E-state index in [0.717, 1.165) is 4.88 Å². The lowest BCUT2D eigenvalue weighted by Gasteiger charge is -2.06. The van der Waals surface area contributed by atoms with Crippen LogP contribution in [0.25, 0.3) is 6.08 Å². The van der Waals surface area contributed by atoms with Crippen LogP contribution < -0.4 is 0 Å². The van der Waals surface area contributed by atoms with E-state index in [-0.39, 0.29) is 9.80 Å². The Labute approximate surface area is 137 Å². The van der Waals surface area contributed by atoms with Crippen molar-refractivity contribution >= 4 is 59.1 Å². The van der Waals surface area contributed by atoms with E-state index in [1.807, 2.05) is 5.38 Å². The highest BCUT2D eigenvalue weighted by atomic mass is 79.9. The highest BCUT2D eigenvalue weighted by Gasteiger charge is 2.23. The van der Waals surface area contributed by atoms with E-state index in [4.69, 9.17) is 5.26 Å². The van der Waals surface area contributed by atoms with Crippen molar-refractivity contribution < 1.29 is 8.42 Å². The molecule has 20 heavy (non-hydrogen) atoms. The van der Waals surface area contributed by atoms with E-state index in [2.05, 4.69) is 31.9 Å². The van der Waals surface area contributed by atoms with Gasteiger partial charge in [0.2, 0.25) is 9.84 Å². The van der Waals surface area contributed by atoms with Gasteiger partial charge in [0.25, 0.3) is 0 Å². The number of hydrogen-bond acceptors (Lipinski definition) is 4. The van der Waals surface area contributed by atoms with E-state index in [9.17, 15) is 8.42 Å². The molecule has 0 aliphatic heterocycles. The van der Waals surface area contributed by atoms with E-state index in [0.29, 0.717) is 8.95 Å². The molecule has 0 spiro atoms. The van der Waals surface area contributed by atoms with Crippen LogP contribution in [-0.4, -0.2) is 8.42 Å². The van der Waals surface area contributed by atoms with Gasteiger partial charge in [-0.15, -0.1) is 11.3 Å². The third kappa shape index (κ3) is 3.20. The van der Waals surface area contributed by atoms with Crippen LogP contribution in [0.3, 0.4) is 0 Å². The number of allylic oxidation sites excluding steroid dienone is 1. The molecule has 2 aromatic rings. The number of thiophene rings is 1. The van der Waals surface area contributed by atoms with Gasteiger partial charge in [-0.3, -0.25) is 0 Å². The molecule has 1 aromatic carbocycles. The van der Waals surface area contributed by atoms with E-state index in [1.54, 1.807) is 30.3 Å². The Morgan fingerprint density at radius 3 is 2.65 bits per heavy atom. The fourth-order valence-electron chi connectivity index (χ4n) is 1.47. The third-order valence-corrected chi connectivity index (χ3v) is 6.37. The third-order valence-electron chi connectivity index (χ3n) is 2.40. The Morgan fingerprint density at radius 2 is 2.05 bits per heavy atom. The molecule has 0 amide bonds. The summed E-state index contributed by atoms with van der Waals surface area (Å²) in [6, 6.07) is 10.1. The van der Waals surface area contributed by atoms with E-state index < -0.39 is 9.84 Å². The maximum Gasteiger partial charge on any atom is 0.217 e. The number of rotatable bonds is 3. The van der Waals surface area contributed by atoms with Crippen LogP contribution in [0.1, 0.15) is 4.88 Å². The second kappa shape index (κ2) is 6.22. The van der Waals surface area contributed by atoms with Gasteiger partial charge < -0.3 is 0 Å². The zero-order valence-electron chi connectivity index (χ0n) is 9.88. The van der Waals surface area contributed by atoms with Crippen molar-refractivity contribution in [2.75, 3.05) is 0 Å². The summed E-state index contributed by atoms with van der Waals surface area (Å²) in [4.78, 5) is 0.506. The van der Waals surface area contributed by atoms with Crippen molar-refractivity contribution in [3.63, 3.8) is 0 Å². The van der Waals surface area contributed by atoms with Crippen molar-refractivity contribution in [3.8, 4) is 6.07 Å². The molecular weight excluding hydrogens is 426 g/mol. The Kier molecular flexibility index (Phi) is 4.81. The predicted molar refractivity (Wildman–Crippen MR) is 86.9 cm³/mol. The molecule has 0 saturated carbocycles. The average molecular weight is 433 g/mol. The summed E-state index contributed by atoms with van der Waals surface area (Å²) >= 11 is 7.81. The van der Waals surface area contributed by atoms with Gasteiger partial charge >= 0.3 is 0 Å². The molecule has 7 heteroatoms. The first-order valence-electron chi connectivity index (χ1n) is 5.30. The van der Waals surface area contributed by atoms with Gasteiger partial charge in [0.1, 0.15) is 6.07 Å². The van der Waals surface area contributed by atoms with E-state index in [1.165, 1.54) is 23.5 Å². The van der Waals surface area contributed by atoms with Gasteiger partial charge in [0.15, 0.2) is 4.91 Å². The van der Waals surface area contributed by atoms with Crippen molar-refractivity contribution in [1.29, 1.82) is 5.26 Å². The van der Waals surface area contributed by atoms with Crippen LogP contribution in [0.2, 0.25) is 0 Å². The highest BCUT2D eigenvalue weighted by Crippen LogP contribution is 2.30. The second-order valence-corrected chi connectivity index (χ2v) is 8.35. The van der Waals surface area contributed by atoms with Crippen LogP contribution in [0.15, 0.2) is 54.5 Å². The van der Waals surface area contributed by atoms with Crippen LogP contribution >= 0.6 is 43.2 Å². The summed E-state index contributed by atoms with van der Waals surface area (Å²) in [7, 11) is -3.85. The first-order chi connectivity index (χ1) is 9.45. The van der Waals surface area contributed by atoms with Crippen molar-refractivity contribution in [2.24, 2.45) is 0 Å². The number of benzene rings is 1. The van der Waals surface area contributed by atoms with Gasteiger partial charge in [-0.1, -0.05) is 22.0 Å². The lowest BCUT2D eigenvalue weighted by atomic mass is 10.4. The topological polar surface area (TPSA) is 57.9 Å². The minimum absolute atomic E-state index is 0.0660. The minimum Gasteiger partial charge on any atom is -0.218 e. The zero-order valence-corrected chi connectivity index (χ0v) is 14.7. The first-order valence-corrected chi connectivity index (χ1v) is 9.25. The number of nitrogens with zero attached hydrogens (tertiary/aromatic N) is 1. The summed E-state index contributed by atoms with van der Waals surface area (Å²) in [6.07, 6.45) is 1.38. The molecule has 0 unspecified atom stereocenters. The Bertz CT molecular complexity index is 803. The maximum atomic E-state index is 12.5. The molecule has 0 aliphatic rings. The number of sulfone groups is 1. The SMILES string of the molecule is N#C/C(=C\c1cccs1)S(=O)(=O)c1cc(Br)ccc1Br. The molecule has 2 rings (SSSR count). The summed E-state index contributed by atoms with van der Waals surface area (Å²) in [5.41, 5.74) is 0. The smallest absolute Gasteiger partial charge is 0.217 e. The summed E-state index contributed by atoms with van der Waals surface area (Å²) in [5, 5.41) is 11.0. The number of halogens is 2. The molecule has 0 atom stereocenters. The molecule has 0 bridgehead atoms. The van der Waals surface area contributed by atoms with Crippen LogP contribution in [0, 0.1) is 11.3 Å². The lowest BCUT2D eigenvalue weighted by Crippen LogP contribution is -2.04. The molecule has 0 N–H and O–H groups in total. The van der Waals surface area contributed by atoms with E-state index >= 15 is 0 Å². The Morgan fingerprint density at radius 1 is 1.30 bits per heavy atom. The largest absolute Gasteiger partial charge is 0.218 e. The Hall–Kier alpha value is -0.940. The average Bonchev–Trinajstić information content (AvgIpc) is 2.91. The minimum atomic E-state index is -3.85. The normalized spacial score (nSPS) is 12.2. The van der Waals surface area contributed by atoms with Gasteiger partial charge in [0.05, 0.1) is 4.90 Å². The van der Waals surface area contributed by atoms with Gasteiger partial charge in [-0.2, -0.15) is 5.26 Å². The van der Waals surface area contributed by atoms with Gasteiger partial charge in [-0.05, 0) is 51.7 Å². The predicted octanol–water partition coefficient (Wildman–Crippen LogP) is 4.61.